The van der Waals surface area contributed by atoms with Crippen LogP contribution in [0.15, 0.2) is 34.1 Å². The summed E-state index contributed by atoms with van der Waals surface area (Å²) in [6, 6.07) is 5.98. The van der Waals surface area contributed by atoms with Gasteiger partial charge in [0.25, 0.3) is 0 Å². The van der Waals surface area contributed by atoms with Crippen LogP contribution in [-0.4, -0.2) is 28.4 Å². The summed E-state index contributed by atoms with van der Waals surface area (Å²) in [5, 5.41) is 3.65. The normalized spacial score (nSPS) is 12.3. The lowest BCUT2D eigenvalue weighted by molar-refractivity contribution is 0.717. The van der Waals surface area contributed by atoms with Crippen LogP contribution in [0.3, 0.4) is 0 Å². The highest BCUT2D eigenvalue weighted by molar-refractivity contribution is 8.00. The van der Waals surface area contributed by atoms with E-state index in [-0.39, 0.29) is 11.5 Å². The molecule has 0 amide bonds. The van der Waals surface area contributed by atoms with Crippen LogP contribution < -0.4 is 16.7 Å². The molecule has 5 nitrogen and oxygen atoms in total. The molecule has 0 aliphatic carbocycles. The quantitative estimate of drug-likeness (QED) is 0.793. The number of aromatic nitrogens is 2. The van der Waals surface area contributed by atoms with Gasteiger partial charge < -0.3 is 11.1 Å². The lowest BCUT2D eigenvalue weighted by atomic mass is 10.1. The molecule has 2 aromatic rings. The molecule has 1 aromatic heterocycles. The molecule has 1 unspecified atom stereocenters. The fourth-order valence-corrected chi connectivity index (χ4v) is 3.78. The van der Waals surface area contributed by atoms with Crippen molar-refractivity contribution in [2.45, 2.75) is 37.5 Å². The van der Waals surface area contributed by atoms with Crippen molar-refractivity contribution >= 4 is 17.6 Å². The number of nitrogen functional groups attached to an aromatic ring is 1. The van der Waals surface area contributed by atoms with E-state index < -0.39 is 0 Å². The number of hydrogen-bond acceptors (Lipinski definition) is 5. The predicted molar refractivity (Wildman–Crippen MR) is 97.2 cm³/mol. The second kappa shape index (κ2) is 7.66. The van der Waals surface area contributed by atoms with Gasteiger partial charge in [-0.3, -0.25) is 4.57 Å². The number of rotatable bonds is 6. The van der Waals surface area contributed by atoms with Gasteiger partial charge in [-0.25, -0.2) is 4.79 Å². The van der Waals surface area contributed by atoms with Gasteiger partial charge in [0, 0.05) is 22.9 Å². The maximum atomic E-state index is 12.0. The van der Waals surface area contributed by atoms with Crippen molar-refractivity contribution in [3.8, 4) is 0 Å². The monoisotopic (exact) mass is 332 g/mol. The zero-order valence-electron chi connectivity index (χ0n) is 14.1. The molecule has 0 radical (unpaired) electrons. The molecule has 23 heavy (non-hydrogen) atoms. The van der Waals surface area contributed by atoms with E-state index in [2.05, 4.69) is 43.2 Å². The Balaban J connectivity index is 2.38. The third-order valence-corrected chi connectivity index (χ3v) is 4.93. The largest absolute Gasteiger partial charge is 0.383 e. The van der Waals surface area contributed by atoms with Crippen molar-refractivity contribution in [1.29, 1.82) is 0 Å². The average Bonchev–Trinajstić information content (AvgIpc) is 2.46. The van der Waals surface area contributed by atoms with Crippen molar-refractivity contribution in [3.05, 3.63) is 51.6 Å². The molecule has 3 N–H and O–H groups in total. The number of anilines is 1. The third-order valence-electron chi connectivity index (χ3n) is 3.54. The average molecular weight is 332 g/mol. The van der Waals surface area contributed by atoms with E-state index in [0.29, 0.717) is 11.8 Å². The van der Waals surface area contributed by atoms with Crippen LogP contribution in [0, 0.1) is 13.8 Å². The van der Waals surface area contributed by atoms with Crippen LogP contribution in [0.4, 0.5) is 5.82 Å². The Morgan fingerprint density at radius 2 is 2.13 bits per heavy atom. The number of aryl methyl sites for hydroxylation is 2. The van der Waals surface area contributed by atoms with Gasteiger partial charge in [-0.05, 0) is 38.1 Å². The standard InChI is InChI=1S/C17H24N4OS/c1-11-7-12(2)16(23-13(3)9-19-4)14(8-11)10-21-6-5-15(18)20-17(21)22/h5-8,13,19H,9-10H2,1-4H3,(H2,18,20,22). The molecule has 6 heteroatoms. The molecule has 0 aliphatic rings. The summed E-state index contributed by atoms with van der Waals surface area (Å²) in [4.78, 5) is 17.0. The molecule has 0 saturated carbocycles. The van der Waals surface area contributed by atoms with E-state index in [0.717, 1.165) is 12.1 Å². The van der Waals surface area contributed by atoms with Gasteiger partial charge in [0.05, 0.1) is 6.54 Å². The molecule has 0 spiro atoms. The minimum atomic E-state index is -0.316. The summed E-state index contributed by atoms with van der Waals surface area (Å²) >= 11 is 1.84. The number of nitrogens with one attached hydrogen (secondary N) is 1. The van der Waals surface area contributed by atoms with E-state index in [9.17, 15) is 4.79 Å². The Bertz CT molecular complexity index is 742. The van der Waals surface area contributed by atoms with Crippen LogP contribution in [0.1, 0.15) is 23.6 Å². The maximum Gasteiger partial charge on any atom is 0.349 e. The number of nitrogens with two attached hydrogens (primary N) is 1. The van der Waals surface area contributed by atoms with E-state index in [4.69, 9.17) is 5.73 Å². The Kier molecular flexibility index (Phi) is 5.85. The smallest absolute Gasteiger partial charge is 0.349 e. The van der Waals surface area contributed by atoms with Gasteiger partial charge in [-0.2, -0.15) is 4.98 Å². The van der Waals surface area contributed by atoms with E-state index in [1.807, 2.05) is 18.8 Å². The van der Waals surface area contributed by atoms with Crippen molar-refractivity contribution in [1.82, 2.24) is 14.9 Å². The second-order valence-electron chi connectivity index (χ2n) is 5.82. The molecule has 1 atom stereocenters. The van der Waals surface area contributed by atoms with E-state index in [1.165, 1.54) is 16.0 Å². The summed E-state index contributed by atoms with van der Waals surface area (Å²) in [6.45, 7) is 7.83. The summed E-state index contributed by atoms with van der Waals surface area (Å²) in [7, 11) is 1.96. The van der Waals surface area contributed by atoms with Gasteiger partial charge >= 0.3 is 5.69 Å². The lowest BCUT2D eigenvalue weighted by Crippen LogP contribution is -2.24. The first-order valence-corrected chi connectivity index (χ1v) is 8.53. The van der Waals surface area contributed by atoms with Crippen LogP contribution in [0.5, 0.6) is 0 Å². The van der Waals surface area contributed by atoms with Crippen LogP contribution >= 0.6 is 11.8 Å². The fraction of sp³-hybridized carbons (Fsp3) is 0.412. The fourth-order valence-electron chi connectivity index (χ4n) is 2.60. The van der Waals surface area contributed by atoms with Crippen LogP contribution in [0.2, 0.25) is 0 Å². The molecular weight excluding hydrogens is 308 g/mol. The molecule has 0 aliphatic heterocycles. The van der Waals surface area contributed by atoms with Gasteiger partial charge in [-0.15, -0.1) is 11.8 Å². The first kappa shape index (κ1) is 17.6. The number of benzene rings is 1. The molecule has 0 bridgehead atoms. The third kappa shape index (κ3) is 4.59. The van der Waals surface area contributed by atoms with Crippen LogP contribution in [0.25, 0.3) is 0 Å². The molecule has 0 fully saturated rings. The molecule has 2 rings (SSSR count). The minimum Gasteiger partial charge on any atom is -0.383 e. The SMILES string of the molecule is CNCC(C)Sc1c(C)cc(C)cc1Cn1ccc(N)nc1=O. The highest BCUT2D eigenvalue weighted by Gasteiger charge is 2.13. The second-order valence-corrected chi connectivity index (χ2v) is 7.27. The van der Waals surface area contributed by atoms with Crippen LogP contribution in [-0.2, 0) is 6.54 Å². The molecule has 0 saturated heterocycles. The zero-order chi connectivity index (χ0) is 17.0. The Morgan fingerprint density at radius 3 is 2.78 bits per heavy atom. The summed E-state index contributed by atoms with van der Waals surface area (Å²) in [5.41, 5.74) is 8.82. The summed E-state index contributed by atoms with van der Waals surface area (Å²) in [5.74, 6) is 0.254. The lowest BCUT2D eigenvalue weighted by Gasteiger charge is -2.18. The summed E-state index contributed by atoms with van der Waals surface area (Å²) in [6.07, 6.45) is 1.70. The van der Waals surface area contributed by atoms with Crippen molar-refractivity contribution in [2.75, 3.05) is 19.3 Å². The van der Waals surface area contributed by atoms with E-state index in [1.54, 1.807) is 16.8 Å². The van der Waals surface area contributed by atoms with Gasteiger partial charge in [0.2, 0.25) is 0 Å². The Labute approximate surface area is 141 Å². The summed E-state index contributed by atoms with van der Waals surface area (Å²) < 4.78 is 1.59. The van der Waals surface area contributed by atoms with Crippen molar-refractivity contribution < 1.29 is 0 Å². The number of thioether (sulfide) groups is 1. The molecule has 124 valence electrons. The van der Waals surface area contributed by atoms with Gasteiger partial charge in [0.15, 0.2) is 0 Å². The van der Waals surface area contributed by atoms with Gasteiger partial charge in [-0.1, -0.05) is 24.6 Å². The Morgan fingerprint density at radius 1 is 1.39 bits per heavy atom. The maximum absolute atomic E-state index is 12.0. The highest BCUT2D eigenvalue weighted by Crippen LogP contribution is 2.31. The number of nitrogens with zero attached hydrogens (tertiary/aromatic N) is 2. The topological polar surface area (TPSA) is 72.9 Å². The first-order chi connectivity index (χ1) is 10.9. The minimum absolute atomic E-state index is 0.254. The number of hydrogen-bond donors (Lipinski definition) is 2. The molecule has 1 heterocycles. The molecule has 1 aromatic carbocycles. The first-order valence-electron chi connectivity index (χ1n) is 7.65. The van der Waals surface area contributed by atoms with Gasteiger partial charge in [0.1, 0.15) is 5.82 Å². The highest BCUT2D eigenvalue weighted by atomic mass is 32.2. The van der Waals surface area contributed by atoms with Crippen molar-refractivity contribution in [3.63, 3.8) is 0 Å². The predicted octanol–water partition coefficient (Wildman–Crippen LogP) is 2.19. The molecular formula is C17H24N4OS. The Hall–Kier alpha value is -1.79. The van der Waals surface area contributed by atoms with Crippen molar-refractivity contribution in [2.24, 2.45) is 0 Å². The zero-order valence-corrected chi connectivity index (χ0v) is 14.9. The van der Waals surface area contributed by atoms with E-state index >= 15 is 0 Å².